The van der Waals surface area contributed by atoms with Gasteiger partial charge in [0.1, 0.15) is 17.5 Å². The number of carbonyl (C=O) groups is 2. The van der Waals surface area contributed by atoms with Crippen molar-refractivity contribution < 1.29 is 28.2 Å². The number of halogens is 2. The van der Waals surface area contributed by atoms with Crippen molar-refractivity contribution in [1.82, 2.24) is 10.3 Å². The number of alkyl halides is 2. The molecule has 0 aliphatic carbocycles. The molecule has 0 aliphatic rings. The van der Waals surface area contributed by atoms with Gasteiger partial charge in [0.25, 0.3) is 5.91 Å². The minimum atomic E-state index is -2.83. The lowest BCUT2D eigenvalue weighted by Gasteiger charge is -2.13. The normalized spacial score (nSPS) is 12.4. The second-order valence-corrected chi connectivity index (χ2v) is 4.63. The molecule has 0 saturated heterocycles. The molecule has 0 fully saturated rings. The van der Waals surface area contributed by atoms with Crippen LogP contribution in [0.15, 0.2) is 24.3 Å². The smallest absolute Gasteiger partial charge is 0.326 e. The van der Waals surface area contributed by atoms with Crippen LogP contribution in [0.25, 0.3) is 10.9 Å². The van der Waals surface area contributed by atoms with Crippen LogP contribution in [0, 0.1) is 0 Å². The van der Waals surface area contributed by atoms with Gasteiger partial charge in [0.15, 0.2) is 0 Å². The number of benzene rings is 1. The van der Waals surface area contributed by atoms with Crippen molar-refractivity contribution in [2.45, 2.75) is 18.9 Å². The summed E-state index contributed by atoms with van der Waals surface area (Å²) < 4.78 is 29.7. The number of aromatic nitrogens is 1. The Labute approximate surface area is 124 Å². The molecule has 1 heterocycles. The third kappa shape index (κ3) is 3.51. The average Bonchev–Trinajstić information content (AvgIpc) is 2.88. The molecule has 3 N–H and O–H groups in total. The number of aliphatic carboxylic acids is 1. The lowest BCUT2D eigenvalue weighted by Crippen LogP contribution is -2.42. The monoisotopic (exact) mass is 312 g/mol. The molecule has 0 aliphatic heterocycles. The molecule has 22 heavy (non-hydrogen) atoms. The number of nitrogens with one attached hydrogen (secondary N) is 2. The van der Waals surface area contributed by atoms with Crippen LogP contribution in [-0.4, -0.2) is 41.5 Å². The molecule has 0 spiro atoms. The van der Waals surface area contributed by atoms with Crippen LogP contribution in [0.5, 0.6) is 5.75 Å². The van der Waals surface area contributed by atoms with E-state index >= 15 is 0 Å². The number of hydrogen-bond donors (Lipinski definition) is 3. The van der Waals surface area contributed by atoms with Gasteiger partial charge in [-0.1, -0.05) is 0 Å². The molecule has 8 heteroatoms. The minimum absolute atomic E-state index is 0.0868. The van der Waals surface area contributed by atoms with E-state index in [1.807, 2.05) is 0 Å². The van der Waals surface area contributed by atoms with Gasteiger partial charge in [0.2, 0.25) is 6.43 Å². The Kier molecular flexibility index (Phi) is 4.59. The second-order valence-electron chi connectivity index (χ2n) is 4.63. The van der Waals surface area contributed by atoms with Gasteiger partial charge in [-0.25, -0.2) is 13.6 Å². The number of carboxylic acids is 1. The number of H-pyrrole nitrogens is 1. The summed E-state index contributed by atoms with van der Waals surface area (Å²) in [6.45, 7) is 0. The molecule has 1 amide bonds. The van der Waals surface area contributed by atoms with Crippen LogP contribution >= 0.6 is 0 Å². The zero-order valence-corrected chi connectivity index (χ0v) is 11.6. The van der Waals surface area contributed by atoms with Crippen LogP contribution in [0.4, 0.5) is 8.78 Å². The highest BCUT2D eigenvalue weighted by Gasteiger charge is 2.25. The molecule has 0 saturated carbocycles. The van der Waals surface area contributed by atoms with Gasteiger partial charge in [0, 0.05) is 17.3 Å². The number of fused-ring (bicyclic) bond motifs is 1. The first-order valence-corrected chi connectivity index (χ1v) is 6.39. The van der Waals surface area contributed by atoms with Crippen molar-refractivity contribution in [2.75, 3.05) is 7.11 Å². The Morgan fingerprint density at radius 1 is 1.36 bits per heavy atom. The lowest BCUT2D eigenvalue weighted by molar-refractivity contribution is -0.140. The number of aromatic amines is 1. The number of amides is 1. The predicted molar refractivity (Wildman–Crippen MR) is 74.4 cm³/mol. The summed E-state index contributed by atoms with van der Waals surface area (Å²) >= 11 is 0. The fourth-order valence-corrected chi connectivity index (χ4v) is 2.00. The minimum Gasteiger partial charge on any atom is -0.497 e. The lowest BCUT2D eigenvalue weighted by atomic mass is 10.2. The Bertz CT molecular complexity index is 699. The SMILES string of the molecule is COc1ccc2[nH]c(C(=O)NC(CC(F)F)C(=O)O)cc2c1. The first-order valence-electron chi connectivity index (χ1n) is 6.39. The van der Waals surface area contributed by atoms with Gasteiger partial charge < -0.3 is 20.1 Å². The molecule has 2 rings (SSSR count). The standard InChI is InChI=1S/C14H14F2N2O4/c1-22-8-2-3-9-7(4-8)5-10(17-9)13(19)18-11(14(20)21)6-12(15)16/h2-5,11-12,17H,6H2,1H3,(H,18,19)(H,20,21). The summed E-state index contributed by atoms with van der Waals surface area (Å²) in [7, 11) is 1.50. The quantitative estimate of drug-likeness (QED) is 0.761. The van der Waals surface area contributed by atoms with Crippen LogP contribution in [0.3, 0.4) is 0 Å². The first-order chi connectivity index (χ1) is 10.4. The Hall–Kier alpha value is -2.64. The third-order valence-electron chi connectivity index (χ3n) is 3.09. The molecular weight excluding hydrogens is 298 g/mol. The highest BCUT2D eigenvalue weighted by molar-refractivity contribution is 5.99. The van der Waals surface area contributed by atoms with E-state index in [-0.39, 0.29) is 5.69 Å². The first kappa shape index (κ1) is 15.7. The van der Waals surface area contributed by atoms with Gasteiger partial charge in [-0.3, -0.25) is 4.79 Å². The molecule has 118 valence electrons. The van der Waals surface area contributed by atoms with Gasteiger partial charge in [-0.2, -0.15) is 0 Å². The van der Waals surface area contributed by atoms with Crippen molar-refractivity contribution in [3.05, 3.63) is 30.0 Å². The topological polar surface area (TPSA) is 91.4 Å². The zero-order chi connectivity index (χ0) is 16.3. The van der Waals surface area contributed by atoms with Crippen LogP contribution in [0.1, 0.15) is 16.9 Å². The van der Waals surface area contributed by atoms with E-state index in [1.165, 1.54) is 13.2 Å². The molecular formula is C14H14F2N2O4. The Morgan fingerprint density at radius 3 is 2.68 bits per heavy atom. The maximum absolute atomic E-state index is 12.3. The van der Waals surface area contributed by atoms with E-state index < -0.39 is 30.8 Å². The summed E-state index contributed by atoms with van der Waals surface area (Å²) in [5.74, 6) is -1.67. The highest BCUT2D eigenvalue weighted by Crippen LogP contribution is 2.21. The number of hydrogen-bond acceptors (Lipinski definition) is 3. The van der Waals surface area contributed by atoms with E-state index in [2.05, 4.69) is 10.3 Å². The van der Waals surface area contributed by atoms with Crippen molar-refractivity contribution >= 4 is 22.8 Å². The highest BCUT2D eigenvalue weighted by atomic mass is 19.3. The van der Waals surface area contributed by atoms with E-state index in [9.17, 15) is 18.4 Å². The van der Waals surface area contributed by atoms with E-state index in [0.717, 1.165) is 0 Å². The fourth-order valence-electron chi connectivity index (χ4n) is 2.00. The zero-order valence-electron chi connectivity index (χ0n) is 11.6. The van der Waals surface area contributed by atoms with Gasteiger partial charge >= 0.3 is 5.97 Å². The Morgan fingerprint density at radius 2 is 2.09 bits per heavy atom. The van der Waals surface area contributed by atoms with Gasteiger partial charge in [-0.05, 0) is 24.3 Å². The van der Waals surface area contributed by atoms with E-state index in [1.54, 1.807) is 18.2 Å². The number of methoxy groups -OCH3 is 1. The van der Waals surface area contributed by atoms with Crippen molar-refractivity contribution in [3.63, 3.8) is 0 Å². The molecule has 1 aromatic carbocycles. The summed E-state index contributed by atoms with van der Waals surface area (Å²) in [6.07, 6.45) is -3.77. The third-order valence-corrected chi connectivity index (χ3v) is 3.09. The van der Waals surface area contributed by atoms with E-state index in [0.29, 0.717) is 16.7 Å². The Balaban J connectivity index is 2.19. The average molecular weight is 312 g/mol. The molecule has 6 nitrogen and oxygen atoms in total. The van der Waals surface area contributed by atoms with Crippen LogP contribution in [0.2, 0.25) is 0 Å². The molecule has 1 atom stereocenters. The number of carboxylic acid groups (broad SMARTS) is 1. The fraction of sp³-hybridized carbons (Fsp3) is 0.286. The van der Waals surface area contributed by atoms with Crippen molar-refractivity contribution in [2.24, 2.45) is 0 Å². The van der Waals surface area contributed by atoms with Crippen molar-refractivity contribution in [1.29, 1.82) is 0 Å². The van der Waals surface area contributed by atoms with Crippen LogP contribution in [-0.2, 0) is 4.79 Å². The summed E-state index contributed by atoms with van der Waals surface area (Å²) in [4.78, 5) is 25.7. The molecule has 0 radical (unpaired) electrons. The predicted octanol–water partition coefficient (Wildman–Crippen LogP) is 2.01. The number of carbonyl (C=O) groups excluding carboxylic acids is 1. The summed E-state index contributed by atoms with van der Waals surface area (Å²) in [6, 6.07) is 4.93. The van der Waals surface area contributed by atoms with Gasteiger partial charge in [0.05, 0.1) is 7.11 Å². The number of ether oxygens (including phenoxy) is 1. The second kappa shape index (κ2) is 6.42. The largest absolute Gasteiger partial charge is 0.497 e. The van der Waals surface area contributed by atoms with Crippen molar-refractivity contribution in [3.8, 4) is 5.75 Å². The molecule has 0 bridgehead atoms. The van der Waals surface area contributed by atoms with Gasteiger partial charge in [-0.15, -0.1) is 0 Å². The van der Waals surface area contributed by atoms with Crippen LogP contribution < -0.4 is 10.1 Å². The molecule has 1 aromatic heterocycles. The summed E-state index contributed by atoms with van der Waals surface area (Å²) in [5, 5.41) is 11.6. The molecule has 2 aromatic rings. The maximum atomic E-state index is 12.3. The summed E-state index contributed by atoms with van der Waals surface area (Å²) in [5.41, 5.74) is 0.732. The number of rotatable bonds is 6. The maximum Gasteiger partial charge on any atom is 0.326 e. The van der Waals surface area contributed by atoms with E-state index in [4.69, 9.17) is 9.84 Å². The molecule has 1 unspecified atom stereocenters.